The van der Waals surface area contributed by atoms with Crippen LogP contribution in [0.25, 0.3) is 32.7 Å². The summed E-state index contributed by atoms with van der Waals surface area (Å²) in [6, 6.07) is 18.0. The van der Waals surface area contributed by atoms with E-state index in [1.165, 1.54) is 0 Å². The quantitative estimate of drug-likeness (QED) is 0.238. The summed E-state index contributed by atoms with van der Waals surface area (Å²) in [5.41, 5.74) is 2.37. The maximum Gasteiger partial charge on any atom is 0.316 e. The lowest BCUT2D eigenvalue weighted by molar-refractivity contribution is -0.143. The van der Waals surface area contributed by atoms with Crippen LogP contribution in [0.3, 0.4) is 0 Å². The molecule has 0 bridgehead atoms. The Balaban J connectivity index is 2.16. The summed E-state index contributed by atoms with van der Waals surface area (Å²) in [4.78, 5) is 12.9. The van der Waals surface area contributed by atoms with E-state index in [1.807, 2.05) is 89.2 Å². The second-order valence-corrected chi connectivity index (χ2v) is 9.96. The highest BCUT2D eigenvalue weighted by Gasteiger charge is 2.28. The van der Waals surface area contributed by atoms with Crippen molar-refractivity contribution in [2.24, 2.45) is 5.41 Å². The normalized spacial score (nSPS) is 11.8. The predicted molar refractivity (Wildman–Crippen MR) is 131 cm³/mol. The summed E-state index contributed by atoms with van der Waals surface area (Å²) in [6.45, 7) is 9.33. The zero-order valence-electron chi connectivity index (χ0n) is 18.3. The molecule has 4 aromatic carbocycles. The Morgan fingerprint density at radius 3 is 2.23 bits per heavy atom. The molecule has 31 heavy (non-hydrogen) atoms. The van der Waals surface area contributed by atoms with Gasteiger partial charge in [-0.2, -0.15) is 0 Å². The minimum absolute atomic E-state index is 0.193. The molecule has 3 nitrogen and oxygen atoms in total. The number of hydrogen-bond acceptors (Lipinski definition) is 3. The molecule has 0 spiro atoms. The molecule has 0 amide bonds. The molecule has 0 radical (unpaired) electrons. The third-order valence-corrected chi connectivity index (χ3v) is 6.00. The zero-order valence-corrected chi connectivity index (χ0v) is 19.9. The highest BCUT2D eigenvalue weighted by Crippen LogP contribution is 2.48. The second kappa shape index (κ2) is 7.69. The van der Waals surface area contributed by atoms with Crippen LogP contribution in [0, 0.1) is 19.3 Å². The summed E-state index contributed by atoms with van der Waals surface area (Å²) in [7, 11) is 0. The summed E-state index contributed by atoms with van der Waals surface area (Å²) < 4.78 is 6.97. The first kappa shape index (κ1) is 21.4. The van der Waals surface area contributed by atoms with Gasteiger partial charge in [-0.3, -0.25) is 4.79 Å². The molecule has 4 aromatic rings. The Hall–Kier alpha value is -2.85. The number of carbonyl (C=O) groups excluding carboxylic acids is 1. The van der Waals surface area contributed by atoms with Gasteiger partial charge in [0.25, 0.3) is 0 Å². The number of esters is 1. The van der Waals surface area contributed by atoms with E-state index in [4.69, 9.17) is 4.74 Å². The summed E-state index contributed by atoms with van der Waals surface area (Å²) in [6.07, 6.45) is 0. The minimum Gasteiger partial charge on any atom is -0.507 e. The first-order valence-corrected chi connectivity index (χ1v) is 11.0. The van der Waals surface area contributed by atoms with E-state index in [2.05, 4.69) is 15.9 Å². The largest absolute Gasteiger partial charge is 0.507 e. The standard InChI is InChI=1S/C27H25BrO3/c1-15-12-18-14-19(28)10-11-21(18)22(24(15)29)23-20-9-7-6-8-17(20)13-16(2)25(23)31-26(30)27(3,4)5/h6-14,29H,1-5H3. The van der Waals surface area contributed by atoms with Crippen molar-refractivity contribution in [3.63, 3.8) is 0 Å². The van der Waals surface area contributed by atoms with Crippen LogP contribution in [0.1, 0.15) is 31.9 Å². The van der Waals surface area contributed by atoms with Crippen LogP contribution >= 0.6 is 15.9 Å². The molecule has 0 unspecified atom stereocenters. The van der Waals surface area contributed by atoms with Gasteiger partial charge in [-0.1, -0.05) is 46.3 Å². The van der Waals surface area contributed by atoms with Crippen LogP contribution in [-0.4, -0.2) is 11.1 Å². The van der Waals surface area contributed by atoms with E-state index >= 15 is 0 Å². The van der Waals surface area contributed by atoms with Crippen molar-refractivity contribution >= 4 is 43.4 Å². The topological polar surface area (TPSA) is 46.5 Å². The van der Waals surface area contributed by atoms with Crippen molar-refractivity contribution in [2.45, 2.75) is 34.6 Å². The van der Waals surface area contributed by atoms with E-state index in [0.29, 0.717) is 11.3 Å². The van der Waals surface area contributed by atoms with E-state index < -0.39 is 5.41 Å². The molecule has 0 aliphatic carbocycles. The Labute approximate surface area is 190 Å². The molecule has 4 heteroatoms. The zero-order chi connectivity index (χ0) is 22.5. The maximum absolute atomic E-state index is 12.9. The number of aromatic hydroxyl groups is 1. The predicted octanol–water partition coefficient (Wildman–Crippen LogP) is 7.70. The maximum atomic E-state index is 12.9. The highest BCUT2D eigenvalue weighted by atomic mass is 79.9. The number of carbonyl (C=O) groups is 1. The van der Waals surface area contributed by atoms with Gasteiger partial charge in [-0.05, 0) is 91.6 Å². The second-order valence-electron chi connectivity index (χ2n) is 9.04. The van der Waals surface area contributed by atoms with Crippen LogP contribution in [0.4, 0.5) is 0 Å². The lowest BCUT2D eigenvalue weighted by atomic mass is 9.89. The van der Waals surface area contributed by atoms with Crippen molar-refractivity contribution in [2.75, 3.05) is 0 Å². The first-order chi connectivity index (χ1) is 14.6. The Morgan fingerprint density at radius 2 is 1.52 bits per heavy atom. The average Bonchev–Trinajstić information content (AvgIpc) is 2.69. The van der Waals surface area contributed by atoms with Gasteiger partial charge in [0, 0.05) is 15.6 Å². The van der Waals surface area contributed by atoms with Gasteiger partial charge in [-0.25, -0.2) is 0 Å². The molecule has 0 fully saturated rings. The Morgan fingerprint density at radius 1 is 0.871 bits per heavy atom. The number of halogens is 1. The molecular formula is C27H25BrO3. The number of benzene rings is 4. The highest BCUT2D eigenvalue weighted by molar-refractivity contribution is 9.10. The summed E-state index contributed by atoms with van der Waals surface area (Å²) in [5, 5.41) is 15.1. The third-order valence-electron chi connectivity index (χ3n) is 5.51. The van der Waals surface area contributed by atoms with Crippen molar-refractivity contribution in [3.8, 4) is 22.6 Å². The minimum atomic E-state index is -0.656. The van der Waals surface area contributed by atoms with E-state index in [-0.39, 0.29) is 11.7 Å². The average molecular weight is 477 g/mol. The Kier molecular flexibility index (Phi) is 5.30. The molecule has 4 rings (SSSR count). The molecule has 0 aliphatic rings. The fourth-order valence-corrected chi connectivity index (χ4v) is 4.23. The van der Waals surface area contributed by atoms with E-state index in [1.54, 1.807) is 0 Å². The monoisotopic (exact) mass is 476 g/mol. The number of hydrogen-bond donors (Lipinski definition) is 1. The number of phenols is 1. The molecule has 0 saturated carbocycles. The first-order valence-electron chi connectivity index (χ1n) is 10.2. The van der Waals surface area contributed by atoms with Gasteiger partial charge in [0.2, 0.25) is 0 Å². The molecule has 0 saturated heterocycles. The van der Waals surface area contributed by atoms with Crippen molar-refractivity contribution < 1.29 is 14.6 Å². The van der Waals surface area contributed by atoms with Crippen LogP contribution in [0.15, 0.2) is 59.1 Å². The van der Waals surface area contributed by atoms with Gasteiger partial charge >= 0.3 is 5.97 Å². The van der Waals surface area contributed by atoms with Crippen LogP contribution in [0.5, 0.6) is 11.5 Å². The van der Waals surface area contributed by atoms with Gasteiger partial charge in [0.15, 0.2) is 0 Å². The van der Waals surface area contributed by atoms with Crippen molar-refractivity contribution in [1.82, 2.24) is 0 Å². The molecule has 0 heterocycles. The molecule has 1 N–H and O–H groups in total. The molecule has 0 aromatic heterocycles. The van der Waals surface area contributed by atoms with Crippen molar-refractivity contribution in [3.05, 3.63) is 70.2 Å². The van der Waals surface area contributed by atoms with Crippen LogP contribution in [0.2, 0.25) is 0 Å². The van der Waals surface area contributed by atoms with Gasteiger partial charge in [0.1, 0.15) is 11.5 Å². The number of fused-ring (bicyclic) bond motifs is 2. The van der Waals surface area contributed by atoms with Gasteiger partial charge in [-0.15, -0.1) is 0 Å². The van der Waals surface area contributed by atoms with Crippen molar-refractivity contribution in [1.29, 1.82) is 0 Å². The lowest BCUT2D eigenvalue weighted by Crippen LogP contribution is -2.26. The summed E-state index contributed by atoms with van der Waals surface area (Å²) in [5.74, 6) is 0.369. The number of ether oxygens (including phenoxy) is 1. The van der Waals surface area contributed by atoms with Crippen LogP contribution in [-0.2, 0) is 4.79 Å². The fraction of sp³-hybridized carbons (Fsp3) is 0.222. The number of aryl methyl sites for hydroxylation is 2. The SMILES string of the molecule is Cc1cc2cc(Br)ccc2c(-c2c(OC(=O)C(C)(C)C)c(C)cc3ccccc23)c1O. The molecule has 0 atom stereocenters. The van der Waals surface area contributed by atoms with E-state index in [0.717, 1.165) is 42.7 Å². The number of rotatable bonds is 2. The third kappa shape index (κ3) is 3.81. The Bertz CT molecular complexity index is 1350. The molecule has 0 aliphatic heterocycles. The van der Waals surface area contributed by atoms with Gasteiger partial charge < -0.3 is 9.84 Å². The molecular weight excluding hydrogens is 452 g/mol. The number of phenolic OH excluding ortho intramolecular Hbond substituents is 1. The fourth-order valence-electron chi connectivity index (χ4n) is 3.85. The van der Waals surface area contributed by atoms with Crippen LogP contribution < -0.4 is 4.74 Å². The van der Waals surface area contributed by atoms with Gasteiger partial charge in [0.05, 0.1) is 5.41 Å². The lowest BCUT2D eigenvalue weighted by Gasteiger charge is -2.22. The van der Waals surface area contributed by atoms with E-state index in [9.17, 15) is 9.90 Å². The summed E-state index contributed by atoms with van der Waals surface area (Å²) >= 11 is 3.54. The smallest absolute Gasteiger partial charge is 0.316 e. The molecule has 158 valence electrons.